The van der Waals surface area contributed by atoms with Crippen LogP contribution in [0.4, 0.5) is 5.69 Å². The van der Waals surface area contributed by atoms with Crippen LogP contribution >= 0.6 is 0 Å². The minimum absolute atomic E-state index is 0.0351. The van der Waals surface area contributed by atoms with Crippen molar-refractivity contribution in [3.63, 3.8) is 0 Å². The molecule has 2 aromatic carbocycles. The molecule has 0 bridgehead atoms. The van der Waals surface area contributed by atoms with Gasteiger partial charge in [0.2, 0.25) is 0 Å². The second-order valence-electron chi connectivity index (χ2n) is 7.80. The standard InChI is InChI=1S/C23H29N3O2/c1-16-14-17(2)21(18(3)15-16)24-22(27)19(4)25-10-12-26(13-11-25)23(28)20-8-6-5-7-9-20/h5-9,14-15,19H,10-13H2,1-4H3,(H,24,27)/p+1/t19-/m0/s1. The van der Waals surface area contributed by atoms with Crippen LogP contribution in [0.3, 0.4) is 0 Å². The molecule has 3 rings (SSSR count). The smallest absolute Gasteiger partial charge is 0.282 e. The van der Waals surface area contributed by atoms with Crippen molar-refractivity contribution in [3.05, 3.63) is 64.7 Å². The van der Waals surface area contributed by atoms with Gasteiger partial charge in [0.25, 0.3) is 11.8 Å². The Bertz CT molecular complexity index is 832. The minimum atomic E-state index is -0.158. The van der Waals surface area contributed by atoms with Crippen molar-refractivity contribution < 1.29 is 14.5 Å². The van der Waals surface area contributed by atoms with Crippen LogP contribution in [-0.4, -0.2) is 48.9 Å². The van der Waals surface area contributed by atoms with Gasteiger partial charge in [0.05, 0.1) is 26.2 Å². The van der Waals surface area contributed by atoms with Gasteiger partial charge in [-0.1, -0.05) is 35.9 Å². The maximum Gasteiger partial charge on any atom is 0.282 e. The lowest BCUT2D eigenvalue weighted by atomic mass is 10.0. The molecule has 5 nitrogen and oxygen atoms in total. The fourth-order valence-corrected chi connectivity index (χ4v) is 3.99. The summed E-state index contributed by atoms with van der Waals surface area (Å²) in [5.41, 5.74) is 5.02. The second-order valence-corrected chi connectivity index (χ2v) is 7.80. The molecule has 0 unspecified atom stereocenters. The van der Waals surface area contributed by atoms with Crippen molar-refractivity contribution in [3.8, 4) is 0 Å². The number of hydrogen-bond acceptors (Lipinski definition) is 2. The molecule has 0 aromatic heterocycles. The quantitative estimate of drug-likeness (QED) is 0.852. The van der Waals surface area contributed by atoms with Crippen molar-refractivity contribution in [1.82, 2.24) is 4.90 Å². The fourth-order valence-electron chi connectivity index (χ4n) is 3.99. The summed E-state index contributed by atoms with van der Waals surface area (Å²) >= 11 is 0. The first-order valence-electron chi connectivity index (χ1n) is 9.94. The first-order chi connectivity index (χ1) is 13.4. The molecule has 1 aliphatic rings. The molecule has 0 aliphatic carbocycles. The van der Waals surface area contributed by atoms with Gasteiger partial charge in [-0.3, -0.25) is 9.59 Å². The Morgan fingerprint density at radius 2 is 1.57 bits per heavy atom. The molecule has 1 atom stereocenters. The van der Waals surface area contributed by atoms with Crippen LogP contribution in [0.25, 0.3) is 0 Å². The molecule has 2 amide bonds. The molecular formula is C23H30N3O2+. The number of nitrogens with zero attached hydrogens (tertiary/aromatic N) is 1. The monoisotopic (exact) mass is 380 g/mol. The number of carbonyl (C=O) groups excluding carboxylic acids is 2. The number of rotatable bonds is 4. The Labute approximate surface area is 167 Å². The number of anilines is 1. The highest BCUT2D eigenvalue weighted by molar-refractivity contribution is 5.95. The molecule has 148 valence electrons. The topological polar surface area (TPSA) is 53.9 Å². The van der Waals surface area contributed by atoms with Crippen molar-refractivity contribution >= 4 is 17.5 Å². The normalized spacial score (nSPS) is 15.9. The molecule has 1 fully saturated rings. The number of quaternary nitrogens is 1. The molecule has 2 aromatic rings. The summed E-state index contributed by atoms with van der Waals surface area (Å²) in [6.45, 7) is 11.0. The van der Waals surface area contributed by atoms with Gasteiger partial charge in [0, 0.05) is 11.3 Å². The summed E-state index contributed by atoms with van der Waals surface area (Å²) in [6, 6.07) is 13.4. The highest BCUT2D eigenvalue weighted by Gasteiger charge is 2.31. The molecule has 1 heterocycles. The third-order valence-corrected chi connectivity index (χ3v) is 5.64. The lowest BCUT2D eigenvalue weighted by Gasteiger charge is -2.35. The Morgan fingerprint density at radius 3 is 2.14 bits per heavy atom. The Balaban J connectivity index is 1.58. The maximum atomic E-state index is 12.8. The van der Waals surface area contributed by atoms with Crippen LogP contribution in [0.1, 0.15) is 34.0 Å². The zero-order valence-electron chi connectivity index (χ0n) is 17.2. The Hall–Kier alpha value is -2.66. The first kappa shape index (κ1) is 20.1. The average Bonchev–Trinajstić information content (AvgIpc) is 2.70. The van der Waals surface area contributed by atoms with E-state index in [4.69, 9.17) is 0 Å². The number of amides is 2. The molecule has 0 radical (unpaired) electrons. The molecule has 28 heavy (non-hydrogen) atoms. The van der Waals surface area contributed by atoms with Gasteiger partial charge >= 0.3 is 0 Å². The lowest BCUT2D eigenvalue weighted by Crippen LogP contribution is -3.19. The third kappa shape index (κ3) is 4.42. The van der Waals surface area contributed by atoms with Gasteiger partial charge in [-0.25, -0.2) is 0 Å². The maximum absolute atomic E-state index is 12.8. The van der Waals surface area contributed by atoms with E-state index in [2.05, 4.69) is 24.4 Å². The van der Waals surface area contributed by atoms with Gasteiger partial charge in [0.15, 0.2) is 6.04 Å². The van der Waals surface area contributed by atoms with Crippen molar-refractivity contribution in [2.24, 2.45) is 0 Å². The van der Waals surface area contributed by atoms with E-state index >= 15 is 0 Å². The van der Waals surface area contributed by atoms with E-state index in [1.807, 2.05) is 56.0 Å². The van der Waals surface area contributed by atoms with Gasteiger partial charge in [-0.2, -0.15) is 0 Å². The van der Waals surface area contributed by atoms with E-state index < -0.39 is 0 Å². The number of nitrogens with one attached hydrogen (secondary N) is 2. The summed E-state index contributed by atoms with van der Waals surface area (Å²) < 4.78 is 0. The number of hydrogen-bond donors (Lipinski definition) is 2. The predicted molar refractivity (Wildman–Crippen MR) is 112 cm³/mol. The summed E-state index contributed by atoms with van der Waals surface area (Å²) in [6.07, 6.45) is 0. The van der Waals surface area contributed by atoms with Crippen LogP contribution in [0.2, 0.25) is 0 Å². The summed E-state index contributed by atoms with van der Waals surface area (Å²) in [7, 11) is 0. The first-order valence-corrected chi connectivity index (χ1v) is 9.94. The van der Waals surface area contributed by atoms with Crippen molar-refractivity contribution in [2.75, 3.05) is 31.5 Å². The fraction of sp³-hybridized carbons (Fsp3) is 0.391. The Kier molecular flexibility index (Phi) is 6.15. The van der Waals surface area contributed by atoms with Crippen LogP contribution < -0.4 is 10.2 Å². The SMILES string of the molecule is Cc1cc(C)c(NC(=O)[C@H](C)[NH+]2CCN(C(=O)c3ccccc3)CC2)c(C)c1. The van der Waals surface area contributed by atoms with E-state index in [9.17, 15) is 9.59 Å². The van der Waals surface area contributed by atoms with Crippen LogP contribution in [0.15, 0.2) is 42.5 Å². The molecule has 1 saturated heterocycles. The highest BCUT2D eigenvalue weighted by atomic mass is 16.2. The molecule has 5 heteroatoms. The van der Waals surface area contributed by atoms with E-state index in [1.165, 1.54) is 10.5 Å². The van der Waals surface area contributed by atoms with Gasteiger partial charge in [0.1, 0.15) is 0 Å². The van der Waals surface area contributed by atoms with E-state index in [0.717, 1.165) is 35.5 Å². The molecule has 2 N–H and O–H groups in total. The van der Waals surface area contributed by atoms with E-state index in [1.54, 1.807) is 0 Å². The largest absolute Gasteiger partial charge is 0.327 e. The number of piperazine rings is 1. The summed E-state index contributed by atoms with van der Waals surface area (Å²) in [5.74, 6) is 0.107. The van der Waals surface area contributed by atoms with Gasteiger partial charge < -0.3 is 15.1 Å². The van der Waals surface area contributed by atoms with Crippen LogP contribution in [-0.2, 0) is 4.79 Å². The Morgan fingerprint density at radius 1 is 1.00 bits per heavy atom. The van der Waals surface area contributed by atoms with E-state index in [0.29, 0.717) is 13.1 Å². The van der Waals surface area contributed by atoms with Gasteiger partial charge in [-0.15, -0.1) is 0 Å². The summed E-state index contributed by atoms with van der Waals surface area (Å²) in [4.78, 5) is 28.5. The predicted octanol–water partition coefficient (Wildman–Crippen LogP) is 1.98. The van der Waals surface area contributed by atoms with E-state index in [-0.39, 0.29) is 17.9 Å². The average molecular weight is 381 g/mol. The molecule has 0 spiro atoms. The molecule has 0 saturated carbocycles. The highest BCUT2D eigenvalue weighted by Crippen LogP contribution is 2.21. The summed E-state index contributed by atoms with van der Waals surface area (Å²) in [5, 5.41) is 3.12. The molecule has 1 aliphatic heterocycles. The number of aryl methyl sites for hydroxylation is 3. The van der Waals surface area contributed by atoms with Crippen molar-refractivity contribution in [2.45, 2.75) is 33.7 Å². The lowest BCUT2D eigenvalue weighted by molar-refractivity contribution is -0.917. The molecular weight excluding hydrogens is 350 g/mol. The van der Waals surface area contributed by atoms with Gasteiger partial charge in [-0.05, 0) is 51.0 Å². The number of benzene rings is 2. The zero-order chi connectivity index (χ0) is 20.3. The minimum Gasteiger partial charge on any atom is -0.327 e. The zero-order valence-corrected chi connectivity index (χ0v) is 17.2. The third-order valence-electron chi connectivity index (χ3n) is 5.64. The van der Waals surface area contributed by atoms with Crippen molar-refractivity contribution in [1.29, 1.82) is 0 Å². The van der Waals surface area contributed by atoms with Crippen LogP contribution in [0, 0.1) is 20.8 Å². The second kappa shape index (κ2) is 8.57. The number of carbonyl (C=O) groups is 2. The van der Waals surface area contributed by atoms with Crippen LogP contribution in [0.5, 0.6) is 0 Å².